The Kier molecular flexibility index (Phi) is 7.93. The molecule has 0 saturated carbocycles. The van der Waals surface area contributed by atoms with Crippen molar-refractivity contribution in [2.24, 2.45) is 0 Å². The van der Waals surface area contributed by atoms with Crippen LogP contribution in [0.4, 0.5) is 22.4 Å². The van der Waals surface area contributed by atoms with E-state index in [1.54, 1.807) is 18.2 Å². The number of fused-ring (bicyclic) bond motifs is 1. The molecule has 1 fully saturated rings. The Balaban J connectivity index is 1.25. The van der Waals surface area contributed by atoms with Crippen molar-refractivity contribution in [3.05, 3.63) is 48.4 Å². The number of carbonyl (C=O) groups excluding carboxylic acids is 1. The zero-order valence-corrected chi connectivity index (χ0v) is 24.4. The average Bonchev–Trinajstić information content (AvgIpc) is 3.33. The summed E-state index contributed by atoms with van der Waals surface area (Å²) in [5, 5.41) is 3.30. The third-order valence-corrected chi connectivity index (χ3v) is 6.67. The van der Waals surface area contributed by atoms with E-state index in [9.17, 15) is 4.79 Å². The number of ether oxygens (including phenoxy) is 2. The van der Waals surface area contributed by atoms with Gasteiger partial charge in [0.15, 0.2) is 11.6 Å². The number of amides is 1. The van der Waals surface area contributed by atoms with E-state index >= 15 is 0 Å². The van der Waals surface area contributed by atoms with Crippen LogP contribution >= 0.6 is 0 Å². The van der Waals surface area contributed by atoms with Crippen LogP contribution in [-0.2, 0) is 11.3 Å². The normalized spacial score (nSPS) is 14.2. The minimum Gasteiger partial charge on any atom is -0.491 e. The van der Waals surface area contributed by atoms with Crippen LogP contribution in [0, 0.1) is 0 Å². The summed E-state index contributed by atoms with van der Waals surface area (Å²) in [6.07, 6.45) is 3.08. The van der Waals surface area contributed by atoms with Gasteiger partial charge < -0.3 is 29.6 Å². The molecule has 0 radical (unpaired) electrons. The first-order valence-corrected chi connectivity index (χ1v) is 13.6. The fourth-order valence-corrected chi connectivity index (χ4v) is 4.73. The number of aromatic amines is 1. The third kappa shape index (κ3) is 6.65. The van der Waals surface area contributed by atoms with Gasteiger partial charge >= 0.3 is 6.09 Å². The molecule has 4 heterocycles. The summed E-state index contributed by atoms with van der Waals surface area (Å²) >= 11 is 0. The molecule has 0 aliphatic carbocycles. The topological polar surface area (TPSA) is 125 Å². The number of benzene rings is 1. The summed E-state index contributed by atoms with van der Waals surface area (Å²) in [7, 11) is 5.46. The van der Waals surface area contributed by atoms with E-state index in [0.717, 1.165) is 41.8 Å². The number of methoxy groups -OCH3 is 1. The van der Waals surface area contributed by atoms with Gasteiger partial charge in [-0.25, -0.2) is 24.7 Å². The summed E-state index contributed by atoms with van der Waals surface area (Å²) in [5.74, 6) is 2.61. The number of anilines is 3. The summed E-state index contributed by atoms with van der Waals surface area (Å²) in [5.41, 5.74) is 3.91. The van der Waals surface area contributed by atoms with Gasteiger partial charge in [0, 0.05) is 58.6 Å². The van der Waals surface area contributed by atoms with Crippen molar-refractivity contribution in [2.45, 2.75) is 32.9 Å². The Labute approximate surface area is 239 Å². The predicted octanol–water partition coefficient (Wildman–Crippen LogP) is 4.29. The van der Waals surface area contributed by atoms with Crippen LogP contribution in [0.25, 0.3) is 22.3 Å². The van der Waals surface area contributed by atoms with Crippen molar-refractivity contribution in [2.75, 3.05) is 57.6 Å². The molecular formula is C29H37N9O3. The molecule has 1 aliphatic rings. The van der Waals surface area contributed by atoms with E-state index < -0.39 is 5.60 Å². The highest BCUT2D eigenvalue weighted by atomic mass is 16.6. The summed E-state index contributed by atoms with van der Waals surface area (Å²) in [6.45, 7) is 9.27. The number of hydrogen-bond donors (Lipinski definition) is 2. The molecule has 0 atom stereocenters. The minimum absolute atomic E-state index is 0.250. The molecule has 1 saturated heterocycles. The van der Waals surface area contributed by atoms with Crippen LogP contribution in [0.3, 0.4) is 0 Å². The first kappa shape index (κ1) is 28.1. The van der Waals surface area contributed by atoms with E-state index in [4.69, 9.17) is 9.47 Å². The fourth-order valence-electron chi connectivity index (χ4n) is 4.73. The number of hydrogen-bond acceptors (Lipinski definition) is 10. The van der Waals surface area contributed by atoms with E-state index in [2.05, 4.69) is 35.1 Å². The molecule has 12 heteroatoms. The van der Waals surface area contributed by atoms with Crippen molar-refractivity contribution in [1.29, 1.82) is 0 Å². The standard InChI is InChI=1S/C29H37N9O3/c1-29(2,3)41-28(39)38-13-11-37(12-14-38)17-19-9-10-30-23(15-19)35-27-33-21-8-7-20(16-22(21)34-27)24-25(40-6)26(36(4)5)32-18-31-24/h7-10,15-16,18H,11-14,17H2,1-6H3,(H2,30,33,34,35). The highest BCUT2D eigenvalue weighted by Crippen LogP contribution is 2.35. The first-order valence-electron chi connectivity index (χ1n) is 13.6. The molecule has 1 aliphatic heterocycles. The highest BCUT2D eigenvalue weighted by Gasteiger charge is 2.26. The Morgan fingerprint density at radius 1 is 1.07 bits per heavy atom. The zero-order chi connectivity index (χ0) is 29.1. The van der Waals surface area contributed by atoms with E-state index in [1.807, 2.05) is 70.1 Å². The lowest BCUT2D eigenvalue weighted by Gasteiger charge is -2.35. The molecule has 0 spiro atoms. The molecule has 216 valence electrons. The van der Waals surface area contributed by atoms with Crippen LogP contribution in [0.1, 0.15) is 26.3 Å². The number of imidazole rings is 1. The number of nitrogens with one attached hydrogen (secondary N) is 2. The lowest BCUT2D eigenvalue weighted by Crippen LogP contribution is -2.49. The molecule has 12 nitrogen and oxygen atoms in total. The molecule has 0 unspecified atom stereocenters. The van der Waals surface area contributed by atoms with Crippen LogP contribution in [0.15, 0.2) is 42.9 Å². The largest absolute Gasteiger partial charge is 0.491 e. The zero-order valence-electron chi connectivity index (χ0n) is 24.4. The monoisotopic (exact) mass is 559 g/mol. The molecule has 3 aromatic heterocycles. The van der Waals surface area contributed by atoms with E-state index in [1.165, 1.54) is 6.33 Å². The van der Waals surface area contributed by atoms with Crippen LogP contribution in [0.5, 0.6) is 5.75 Å². The Morgan fingerprint density at radius 3 is 2.56 bits per heavy atom. The molecule has 4 aromatic rings. The van der Waals surface area contributed by atoms with Gasteiger partial charge in [0.05, 0.1) is 18.1 Å². The van der Waals surface area contributed by atoms with Crippen molar-refractivity contribution in [3.8, 4) is 17.0 Å². The minimum atomic E-state index is -0.489. The smallest absolute Gasteiger partial charge is 0.410 e. The number of rotatable bonds is 7. The number of pyridine rings is 1. The van der Waals surface area contributed by atoms with Crippen molar-refractivity contribution in [3.63, 3.8) is 0 Å². The lowest BCUT2D eigenvalue weighted by molar-refractivity contribution is 0.0139. The van der Waals surface area contributed by atoms with Crippen LogP contribution in [0.2, 0.25) is 0 Å². The molecular weight excluding hydrogens is 522 g/mol. The predicted molar refractivity (Wildman–Crippen MR) is 159 cm³/mol. The third-order valence-electron chi connectivity index (χ3n) is 6.67. The fraction of sp³-hybridized carbons (Fsp3) is 0.414. The van der Waals surface area contributed by atoms with Crippen molar-refractivity contribution in [1.82, 2.24) is 34.7 Å². The van der Waals surface area contributed by atoms with Gasteiger partial charge in [-0.2, -0.15) is 0 Å². The summed E-state index contributed by atoms with van der Waals surface area (Å²) in [4.78, 5) is 39.7. The SMILES string of the molecule is COc1c(-c2ccc3nc(Nc4cc(CN5CCN(C(=O)OC(C)(C)C)CC5)ccn4)[nH]c3c2)ncnc1N(C)C. The van der Waals surface area contributed by atoms with Crippen LogP contribution < -0.4 is 15.0 Å². The van der Waals surface area contributed by atoms with Gasteiger partial charge in [-0.05, 0) is 50.6 Å². The van der Waals surface area contributed by atoms with Gasteiger partial charge in [-0.15, -0.1) is 0 Å². The Bertz CT molecular complexity index is 1520. The van der Waals surface area contributed by atoms with Gasteiger partial charge in [-0.1, -0.05) is 6.07 Å². The van der Waals surface area contributed by atoms with Gasteiger partial charge in [0.25, 0.3) is 0 Å². The second kappa shape index (κ2) is 11.6. The van der Waals surface area contributed by atoms with Gasteiger partial charge in [0.1, 0.15) is 23.4 Å². The molecule has 5 rings (SSSR count). The maximum atomic E-state index is 12.4. The Hall–Kier alpha value is -4.45. The molecule has 0 bridgehead atoms. The quantitative estimate of drug-likeness (QED) is 0.339. The van der Waals surface area contributed by atoms with E-state index in [0.29, 0.717) is 42.1 Å². The second-order valence-electron chi connectivity index (χ2n) is 11.2. The summed E-state index contributed by atoms with van der Waals surface area (Å²) in [6, 6.07) is 9.95. The maximum Gasteiger partial charge on any atom is 0.410 e. The lowest BCUT2D eigenvalue weighted by atomic mass is 10.1. The molecule has 41 heavy (non-hydrogen) atoms. The van der Waals surface area contributed by atoms with Crippen molar-refractivity contribution < 1.29 is 14.3 Å². The maximum absolute atomic E-state index is 12.4. The number of H-pyrrole nitrogens is 1. The Morgan fingerprint density at radius 2 is 1.85 bits per heavy atom. The number of aromatic nitrogens is 5. The number of nitrogens with zero attached hydrogens (tertiary/aromatic N) is 7. The van der Waals surface area contributed by atoms with Gasteiger partial charge in [0.2, 0.25) is 5.95 Å². The number of carbonyl (C=O) groups is 1. The van der Waals surface area contributed by atoms with E-state index in [-0.39, 0.29) is 6.09 Å². The summed E-state index contributed by atoms with van der Waals surface area (Å²) < 4.78 is 11.2. The molecule has 2 N–H and O–H groups in total. The molecule has 1 amide bonds. The number of piperazine rings is 1. The van der Waals surface area contributed by atoms with Crippen molar-refractivity contribution >= 4 is 34.7 Å². The highest BCUT2D eigenvalue weighted by molar-refractivity contribution is 5.85. The van der Waals surface area contributed by atoms with Crippen LogP contribution in [-0.4, -0.2) is 93.8 Å². The first-order chi connectivity index (χ1) is 19.6. The average molecular weight is 560 g/mol. The van der Waals surface area contributed by atoms with Gasteiger partial charge in [-0.3, -0.25) is 4.90 Å². The second-order valence-corrected chi connectivity index (χ2v) is 11.2. The molecule has 1 aromatic carbocycles.